The molecule has 0 amide bonds. The second-order valence-electron chi connectivity index (χ2n) is 6.98. The minimum Gasteiger partial charge on any atom is -0.497 e. The lowest BCUT2D eigenvalue weighted by Gasteiger charge is -2.21. The van der Waals surface area contributed by atoms with Crippen LogP contribution in [0.5, 0.6) is 5.75 Å². The lowest BCUT2D eigenvalue weighted by molar-refractivity contribution is 0.117. The van der Waals surface area contributed by atoms with Crippen LogP contribution in [0.3, 0.4) is 0 Å². The van der Waals surface area contributed by atoms with E-state index in [1.807, 2.05) is 12.1 Å². The third-order valence-corrected chi connectivity index (χ3v) is 5.48. The van der Waals surface area contributed by atoms with Gasteiger partial charge in [-0.25, -0.2) is 0 Å². The van der Waals surface area contributed by atoms with Crippen LogP contribution in [0.25, 0.3) is 10.9 Å². The number of fused-ring (bicyclic) bond motifs is 3. The minimum atomic E-state index is -0.477. The van der Waals surface area contributed by atoms with Crippen LogP contribution in [0.1, 0.15) is 29.8 Å². The van der Waals surface area contributed by atoms with Gasteiger partial charge in [-0.3, -0.25) is 0 Å². The fourth-order valence-corrected chi connectivity index (χ4v) is 4.11. The van der Waals surface area contributed by atoms with Crippen molar-refractivity contribution in [1.29, 1.82) is 0 Å². The zero-order valence-electron chi connectivity index (χ0n) is 15.5. The number of nitrogens with zero attached hydrogens (tertiary/aromatic N) is 2. The highest BCUT2D eigenvalue weighted by Crippen LogP contribution is 2.35. The van der Waals surface area contributed by atoms with Gasteiger partial charge < -0.3 is 19.3 Å². The third-order valence-electron chi connectivity index (χ3n) is 5.48. The molecule has 0 bridgehead atoms. The summed E-state index contributed by atoms with van der Waals surface area (Å²) in [6, 6.07) is 16.7. The van der Waals surface area contributed by atoms with Crippen LogP contribution in [0.2, 0.25) is 0 Å². The summed E-state index contributed by atoms with van der Waals surface area (Å²) in [4.78, 5) is 2.33. The fourth-order valence-electron chi connectivity index (χ4n) is 4.11. The van der Waals surface area contributed by atoms with E-state index < -0.39 is 6.10 Å². The van der Waals surface area contributed by atoms with Crippen LogP contribution >= 0.6 is 0 Å². The molecular formula is C22H26N2O2. The highest BCUT2D eigenvalue weighted by Gasteiger charge is 2.27. The molecule has 4 heteroatoms. The van der Waals surface area contributed by atoms with Gasteiger partial charge in [-0.2, -0.15) is 0 Å². The Morgan fingerprint density at radius 3 is 2.69 bits per heavy atom. The van der Waals surface area contributed by atoms with E-state index in [-0.39, 0.29) is 0 Å². The number of hydrogen-bond acceptors (Lipinski definition) is 3. The molecule has 1 aromatic heterocycles. The third kappa shape index (κ3) is 3.00. The Morgan fingerprint density at radius 2 is 1.96 bits per heavy atom. The van der Waals surface area contributed by atoms with Crippen LogP contribution in [0.15, 0.2) is 48.5 Å². The van der Waals surface area contributed by atoms with Crippen molar-refractivity contribution in [1.82, 2.24) is 9.47 Å². The number of aliphatic hydroxyl groups excluding tert-OH is 1. The van der Waals surface area contributed by atoms with Crippen molar-refractivity contribution in [2.24, 2.45) is 0 Å². The molecule has 0 fully saturated rings. The van der Waals surface area contributed by atoms with Gasteiger partial charge in [0.05, 0.1) is 18.3 Å². The molecule has 0 saturated carbocycles. The topological polar surface area (TPSA) is 37.6 Å². The van der Waals surface area contributed by atoms with Crippen LogP contribution in [0.4, 0.5) is 0 Å². The Balaban J connectivity index is 1.90. The first-order chi connectivity index (χ1) is 12.7. The lowest BCUT2D eigenvalue weighted by atomic mass is 10.1. The molecule has 3 aromatic rings. The molecule has 4 nitrogen and oxygen atoms in total. The summed E-state index contributed by atoms with van der Waals surface area (Å²) in [7, 11) is 1.70. The maximum atomic E-state index is 11.0. The maximum Gasteiger partial charge on any atom is 0.120 e. The molecule has 0 aliphatic carbocycles. The average molecular weight is 350 g/mol. The summed E-state index contributed by atoms with van der Waals surface area (Å²) in [5, 5.41) is 12.3. The van der Waals surface area contributed by atoms with Gasteiger partial charge in [-0.1, -0.05) is 37.3 Å². The maximum absolute atomic E-state index is 11.0. The van der Waals surface area contributed by atoms with E-state index in [9.17, 15) is 5.11 Å². The van der Waals surface area contributed by atoms with E-state index in [0.717, 1.165) is 43.0 Å². The monoisotopic (exact) mass is 350 g/mol. The standard InChI is InChI=1S/C22H26N2O2/c1-3-23-12-11-19-18-10-9-17(26-2)13-20(18)24(22(19)21(25)15-23)14-16-7-5-4-6-8-16/h4-10,13,21,25H,3,11-12,14-15H2,1-2H3. The molecule has 1 aliphatic heterocycles. The van der Waals surface area contributed by atoms with Crippen molar-refractivity contribution in [2.45, 2.75) is 26.0 Å². The van der Waals surface area contributed by atoms with E-state index in [1.54, 1.807) is 7.11 Å². The fraction of sp³-hybridized carbons (Fsp3) is 0.364. The molecule has 1 N–H and O–H groups in total. The van der Waals surface area contributed by atoms with Crippen molar-refractivity contribution < 1.29 is 9.84 Å². The van der Waals surface area contributed by atoms with Crippen LogP contribution < -0.4 is 4.74 Å². The van der Waals surface area contributed by atoms with Crippen LogP contribution in [0, 0.1) is 0 Å². The van der Waals surface area contributed by atoms with E-state index in [2.05, 4.69) is 52.8 Å². The zero-order chi connectivity index (χ0) is 18.1. The molecule has 2 heterocycles. The second kappa shape index (κ2) is 7.14. The second-order valence-corrected chi connectivity index (χ2v) is 6.98. The molecule has 136 valence electrons. The number of β-amino-alcohol motifs (C(OH)–C–C–N with tert-alkyl or cyclic N) is 1. The lowest BCUT2D eigenvalue weighted by Crippen LogP contribution is -2.28. The van der Waals surface area contributed by atoms with Gasteiger partial charge in [0.25, 0.3) is 0 Å². The highest BCUT2D eigenvalue weighted by molar-refractivity contribution is 5.87. The van der Waals surface area contributed by atoms with E-state index in [0.29, 0.717) is 6.54 Å². The van der Waals surface area contributed by atoms with Crippen molar-refractivity contribution in [2.75, 3.05) is 26.7 Å². The number of ether oxygens (including phenoxy) is 1. The smallest absolute Gasteiger partial charge is 0.120 e. The van der Waals surface area contributed by atoms with Crippen molar-refractivity contribution in [3.63, 3.8) is 0 Å². The summed E-state index contributed by atoms with van der Waals surface area (Å²) >= 11 is 0. The van der Waals surface area contributed by atoms with Crippen LogP contribution in [-0.4, -0.2) is 41.3 Å². The van der Waals surface area contributed by atoms with Gasteiger partial charge in [-0.05, 0) is 36.2 Å². The molecule has 26 heavy (non-hydrogen) atoms. The van der Waals surface area contributed by atoms with Crippen LogP contribution in [-0.2, 0) is 13.0 Å². The van der Waals surface area contributed by atoms with Gasteiger partial charge in [0.15, 0.2) is 0 Å². The number of benzene rings is 2. The number of methoxy groups -OCH3 is 1. The first-order valence-corrected chi connectivity index (χ1v) is 9.34. The molecule has 1 unspecified atom stereocenters. The van der Waals surface area contributed by atoms with E-state index in [1.165, 1.54) is 16.5 Å². The average Bonchev–Trinajstić information content (AvgIpc) is 2.87. The van der Waals surface area contributed by atoms with Gasteiger partial charge in [-0.15, -0.1) is 0 Å². The number of likely N-dealkylation sites (N-methyl/N-ethyl adjacent to an activating group) is 1. The normalized spacial score (nSPS) is 17.9. The number of hydrogen-bond donors (Lipinski definition) is 1. The Labute approximate surface area is 154 Å². The van der Waals surface area contributed by atoms with Gasteiger partial charge in [0, 0.05) is 31.1 Å². The molecule has 0 spiro atoms. The number of aliphatic hydroxyl groups is 1. The first-order valence-electron chi connectivity index (χ1n) is 9.34. The Morgan fingerprint density at radius 1 is 1.15 bits per heavy atom. The largest absolute Gasteiger partial charge is 0.497 e. The molecule has 1 aliphatic rings. The number of rotatable bonds is 4. The molecule has 1 atom stereocenters. The Bertz CT molecular complexity index is 901. The van der Waals surface area contributed by atoms with Crippen molar-refractivity contribution in [3.05, 3.63) is 65.4 Å². The van der Waals surface area contributed by atoms with E-state index >= 15 is 0 Å². The summed E-state index contributed by atoms with van der Waals surface area (Å²) in [6.07, 6.45) is 0.486. The molecule has 2 aromatic carbocycles. The summed E-state index contributed by atoms with van der Waals surface area (Å²) < 4.78 is 7.75. The summed E-state index contributed by atoms with van der Waals surface area (Å²) in [5.41, 5.74) is 4.72. The highest BCUT2D eigenvalue weighted by atomic mass is 16.5. The number of aromatic nitrogens is 1. The predicted molar refractivity (Wildman–Crippen MR) is 105 cm³/mol. The van der Waals surface area contributed by atoms with E-state index in [4.69, 9.17) is 4.74 Å². The van der Waals surface area contributed by atoms with Gasteiger partial charge in [0.2, 0.25) is 0 Å². The zero-order valence-corrected chi connectivity index (χ0v) is 15.5. The first kappa shape index (κ1) is 17.1. The van der Waals surface area contributed by atoms with Crippen molar-refractivity contribution in [3.8, 4) is 5.75 Å². The summed E-state index contributed by atoms with van der Waals surface area (Å²) in [6.45, 7) is 5.54. The summed E-state index contributed by atoms with van der Waals surface area (Å²) in [5.74, 6) is 0.851. The molecule has 0 saturated heterocycles. The molecule has 0 radical (unpaired) electrons. The Kier molecular flexibility index (Phi) is 4.70. The Hall–Kier alpha value is -2.30. The van der Waals surface area contributed by atoms with Crippen molar-refractivity contribution >= 4 is 10.9 Å². The predicted octanol–water partition coefficient (Wildman–Crippen LogP) is 3.61. The van der Waals surface area contributed by atoms with Gasteiger partial charge in [0.1, 0.15) is 11.9 Å². The quantitative estimate of drug-likeness (QED) is 0.781. The minimum absolute atomic E-state index is 0.477. The molecular weight excluding hydrogens is 324 g/mol. The molecule has 4 rings (SSSR count). The SMILES string of the molecule is CCN1CCc2c(n(Cc3ccccc3)c3cc(OC)ccc23)C(O)C1. The van der Waals surface area contributed by atoms with Gasteiger partial charge >= 0.3 is 0 Å².